The van der Waals surface area contributed by atoms with Crippen LogP contribution in [0, 0.1) is 10.1 Å². The fourth-order valence-electron chi connectivity index (χ4n) is 1.83. The van der Waals surface area contributed by atoms with Crippen LogP contribution in [0.25, 0.3) is 0 Å². The SMILES string of the molecule is O=C(Nc1cccc([N+](=O)[O-])c1)[C@@H]1CCCN1. The number of carbonyl (C=O) groups is 1. The molecule has 1 amide bonds. The summed E-state index contributed by atoms with van der Waals surface area (Å²) >= 11 is 0. The summed E-state index contributed by atoms with van der Waals surface area (Å²) in [6.45, 7) is 0.840. The highest BCUT2D eigenvalue weighted by atomic mass is 16.6. The lowest BCUT2D eigenvalue weighted by Gasteiger charge is -2.10. The fourth-order valence-corrected chi connectivity index (χ4v) is 1.83. The number of nitro groups is 1. The maximum absolute atomic E-state index is 11.8. The fraction of sp³-hybridized carbons (Fsp3) is 0.364. The molecule has 0 bridgehead atoms. The number of carbonyl (C=O) groups excluding carboxylic acids is 1. The van der Waals surface area contributed by atoms with E-state index in [0.717, 1.165) is 19.4 Å². The first-order valence-corrected chi connectivity index (χ1v) is 5.45. The van der Waals surface area contributed by atoms with Crippen molar-refractivity contribution in [3.05, 3.63) is 34.4 Å². The van der Waals surface area contributed by atoms with Crippen LogP contribution < -0.4 is 10.6 Å². The first kappa shape index (κ1) is 11.5. The van der Waals surface area contributed by atoms with Crippen molar-refractivity contribution in [2.75, 3.05) is 11.9 Å². The van der Waals surface area contributed by atoms with Gasteiger partial charge in [-0.25, -0.2) is 0 Å². The van der Waals surface area contributed by atoms with Crippen LogP contribution in [-0.2, 0) is 4.79 Å². The predicted octanol–water partition coefficient (Wildman–Crippen LogP) is 1.29. The number of amides is 1. The normalized spacial score (nSPS) is 18.9. The number of hydrogen-bond donors (Lipinski definition) is 2. The summed E-state index contributed by atoms with van der Waals surface area (Å²) in [5.41, 5.74) is 0.431. The van der Waals surface area contributed by atoms with E-state index in [1.807, 2.05) is 0 Å². The molecule has 1 aliphatic rings. The van der Waals surface area contributed by atoms with E-state index in [1.54, 1.807) is 12.1 Å². The summed E-state index contributed by atoms with van der Waals surface area (Å²) in [6, 6.07) is 5.75. The van der Waals surface area contributed by atoms with Crippen LogP contribution in [0.2, 0.25) is 0 Å². The molecule has 0 unspecified atom stereocenters. The molecule has 90 valence electrons. The zero-order valence-electron chi connectivity index (χ0n) is 9.18. The number of hydrogen-bond acceptors (Lipinski definition) is 4. The minimum absolute atomic E-state index is 0.0258. The molecule has 0 saturated carbocycles. The molecule has 1 saturated heterocycles. The number of rotatable bonds is 3. The molecule has 1 atom stereocenters. The first-order chi connectivity index (χ1) is 8.16. The maximum Gasteiger partial charge on any atom is 0.271 e. The smallest absolute Gasteiger partial charge is 0.271 e. The summed E-state index contributed by atoms with van der Waals surface area (Å²) in [5.74, 6) is -0.136. The summed E-state index contributed by atoms with van der Waals surface area (Å²) < 4.78 is 0. The Hall–Kier alpha value is -1.95. The molecular formula is C11H13N3O3. The van der Waals surface area contributed by atoms with E-state index in [1.165, 1.54) is 12.1 Å². The van der Waals surface area contributed by atoms with Crippen LogP contribution in [-0.4, -0.2) is 23.4 Å². The molecule has 1 aromatic rings. The lowest BCUT2D eigenvalue weighted by Crippen LogP contribution is -2.35. The zero-order chi connectivity index (χ0) is 12.3. The molecular weight excluding hydrogens is 222 g/mol. The van der Waals surface area contributed by atoms with Gasteiger partial charge in [-0.05, 0) is 25.5 Å². The second-order valence-electron chi connectivity index (χ2n) is 3.95. The highest BCUT2D eigenvalue weighted by molar-refractivity contribution is 5.95. The van der Waals surface area contributed by atoms with Crippen molar-refractivity contribution in [2.45, 2.75) is 18.9 Å². The molecule has 1 aromatic carbocycles. The van der Waals surface area contributed by atoms with Gasteiger partial charge in [0.25, 0.3) is 5.69 Å². The van der Waals surface area contributed by atoms with Crippen molar-refractivity contribution in [1.82, 2.24) is 5.32 Å². The van der Waals surface area contributed by atoms with E-state index < -0.39 is 4.92 Å². The Morgan fingerprint density at radius 1 is 1.53 bits per heavy atom. The van der Waals surface area contributed by atoms with Gasteiger partial charge in [-0.1, -0.05) is 6.07 Å². The van der Waals surface area contributed by atoms with Gasteiger partial charge < -0.3 is 10.6 Å². The van der Waals surface area contributed by atoms with E-state index >= 15 is 0 Å². The molecule has 0 spiro atoms. The van der Waals surface area contributed by atoms with Crippen LogP contribution in [0.5, 0.6) is 0 Å². The highest BCUT2D eigenvalue weighted by Crippen LogP contribution is 2.17. The van der Waals surface area contributed by atoms with E-state index in [2.05, 4.69) is 10.6 Å². The van der Waals surface area contributed by atoms with Crippen LogP contribution in [0.3, 0.4) is 0 Å². The summed E-state index contributed by atoms with van der Waals surface area (Å²) in [5, 5.41) is 16.3. The minimum atomic E-state index is -0.483. The number of non-ortho nitro benzene ring substituents is 1. The highest BCUT2D eigenvalue weighted by Gasteiger charge is 2.22. The van der Waals surface area contributed by atoms with Gasteiger partial charge in [0, 0.05) is 17.8 Å². The third-order valence-corrected chi connectivity index (χ3v) is 2.70. The Balaban J connectivity index is 2.05. The Kier molecular flexibility index (Phi) is 3.34. The average Bonchev–Trinajstić information content (AvgIpc) is 2.82. The van der Waals surface area contributed by atoms with E-state index in [-0.39, 0.29) is 17.6 Å². The molecule has 1 fully saturated rings. The quantitative estimate of drug-likeness (QED) is 0.610. The molecule has 17 heavy (non-hydrogen) atoms. The second-order valence-corrected chi connectivity index (χ2v) is 3.95. The zero-order valence-corrected chi connectivity index (χ0v) is 9.18. The monoisotopic (exact) mass is 235 g/mol. The standard InChI is InChI=1S/C11H13N3O3/c15-11(10-5-2-6-12-10)13-8-3-1-4-9(7-8)14(16)17/h1,3-4,7,10,12H,2,5-6H2,(H,13,15)/t10-/m0/s1. The molecule has 0 aromatic heterocycles. The van der Waals surface area contributed by atoms with Gasteiger partial charge in [0.1, 0.15) is 0 Å². The van der Waals surface area contributed by atoms with Crippen molar-refractivity contribution in [3.8, 4) is 0 Å². The molecule has 0 aliphatic carbocycles. The largest absolute Gasteiger partial charge is 0.324 e. The van der Waals surface area contributed by atoms with Crippen LogP contribution in [0.4, 0.5) is 11.4 Å². The van der Waals surface area contributed by atoms with Crippen molar-refractivity contribution >= 4 is 17.3 Å². The second kappa shape index (κ2) is 4.92. The average molecular weight is 235 g/mol. The predicted molar refractivity (Wildman–Crippen MR) is 62.8 cm³/mol. The number of nitro benzene ring substituents is 1. The lowest BCUT2D eigenvalue weighted by molar-refractivity contribution is -0.384. The number of benzene rings is 1. The molecule has 0 radical (unpaired) electrons. The van der Waals surface area contributed by atoms with Crippen molar-refractivity contribution in [2.24, 2.45) is 0 Å². The molecule has 1 heterocycles. The van der Waals surface area contributed by atoms with Crippen LogP contribution in [0.1, 0.15) is 12.8 Å². The van der Waals surface area contributed by atoms with Gasteiger partial charge in [0.15, 0.2) is 0 Å². The number of nitrogens with zero attached hydrogens (tertiary/aromatic N) is 1. The van der Waals surface area contributed by atoms with Crippen molar-refractivity contribution in [1.29, 1.82) is 0 Å². The van der Waals surface area contributed by atoms with Crippen molar-refractivity contribution < 1.29 is 9.72 Å². The third-order valence-electron chi connectivity index (χ3n) is 2.70. The Morgan fingerprint density at radius 3 is 3.00 bits per heavy atom. The Labute approximate surface area is 98.2 Å². The van der Waals surface area contributed by atoms with Crippen molar-refractivity contribution in [3.63, 3.8) is 0 Å². The van der Waals surface area contributed by atoms with Gasteiger partial charge in [-0.3, -0.25) is 14.9 Å². The van der Waals surface area contributed by atoms with E-state index in [9.17, 15) is 14.9 Å². The third kappa shape index (κ3) is 2.79. The van der Waals surface area contributed by atoms with Gasteiger partial charge in [0.05, 0.1) is 11.0 Å². The molecule has 1 aliphatic heterocycles. The lowest BCUT2D eigenvalue weighted by atomic mass is 10.2. The van der Waals surface area contributed by atoms with Gasteiger partial charge in [-0.15, -0.1) is 0 Å². The van der Waals surface area contributed by atoms with Crippen LogP contribution >= 0.6 is 0 Å². The Morgan fingerprint density at radius 2 is 2.35 bits per heavy atom. The molecule has 6 nitrogen and oxygen atoms in total. The number of anilines is 1. The maximum atomic E-state index is 11.8. The van der Waals surface area contributed by atoms with Gasteiger partial charge in [-0.2, -0.15) is 0 Å². The molecule has 2 rings (SSSR count). The molecule has 2 N–H and O–H groups in total. The summed E-state index contributed by atoms with van der Waals surface area (Å²) in [6.07, 6.45) is 1.79. The van der Waals surface area contributed by atoms with E-state index in [0.29, 0.717) is 5.69 Å². The minimum Gasteiger partial charge on any atom is -0.324 e. The van der Waals surface area contributed by atoms with Crippen LogP contribution in [0.15, 0.2) is 24.3 Å². The summed E-state index contributed by atoms with van der Waals surface area (Å²) in [7, 11) is 0. The summed E-state index contributed by atoms with van der Waals surface area (Å²) in [4.78, 5) is 21.8. The van der Waals surface area contributed by atoms with E-state index in [4.69, 9.17) is 0 Å². The Bertz CT molecular complexity index is 441. The topological polar surface area (TPSA) is 84.3 Å². The van der Waals surface area contributed by atoms with Gasteiger partial charge >= 0.3 is 0 Å². The van der Waals surface area contributed by atoms with Gasteiger partial charge in [0.2, 0.25) is 5.91 Å². The molecule has 6 heteroatoms. The first-order valence-electron chi connectivity index (χ1n) is 5.45. The number of nitrogens with one attached hydrogen (secondary N) is 2.